The van der Waals surface area contributed by atoms with Crippen molar-refractivity contribution in [1.29, 1.82) is 0 Å². The van der Waals surface area contributed by atoms with Crippen LogP contribution < -0.4 is 5.11 Å². The second-order valence-electron chi connectivity index (χ2n) is 1.76. The average molecular weight is 204 g/mol. The third-order valence-corrected chi connectivity index (χ3v) is 1.85. The van der Waals surface area contributed by atoms with Crippen molar-refractivity contribution in [2.45, 2.75) is 18.9 Å². The van der Waals surface area contributed by atoms with E-state index in [1.165, 1.54) is 6.92 Å². The third-order valence-electron chi connectivity index (χ3n) is 0.817. The van der Waals surface area contributed by atoms with Crippen LogP contribution in [0.1, 0.15) is 13.3 Å². The molecule has 8 heteroatoms. The van der Waals surface area contributed by atoms with Crippen LogP contribution in [-0.2, 0) is 10.0 Å². The number of alkyl halides is 3. The Bertz CT molecular complexity index is 278. The Hall–Kier alpha value is -0.790. The molecule has 0 saturated carbocycles. The highest BCUT2D eigenvalue weighted by Crippen LogP contribution is 2.24. The summed E-state index contributed by atoms with van der Waals surface area (Å²) in [5.74, 6) is -1.31. The lowest BCUT2D eigenvalue weighted by atomic mass is 10.5. The second-order valence-corrected chi connectivity index (χ2v) is 3.36. The minimum Gasteiger partial charge on any atom is -0.861 e. The minimum absolute atomic E-state index is 0.380. The van der Waals surface area contributed by atoms with Crippen LogP contribution in [0.4, 0.5) is 13.2 Å². The molecule has 72 valence electrons. The molecule has 0 aromatic carbocycles. The number of rotatable bonds is 2. The topological polar surface area (TPSA) is 69.6 Å². The fourth-order valence-corrected chi connectivity index (χ4v) is 0.751. The van der Waals surface area contributed by atoms with Gasteiger partial charge in [-0.05, 0) is 12.3 Å². The van der Waals surface area contributed by atoms with Crippen LogP contribution in [0.5, 0.6) is 0 Å². The molecule has 0 amide bonds. The Kier molecular flexibility index (Phi) is 3.08. The highest BCUT2D eigenvalue weighted by atomic mass is 32.2. The van der Waals surface area contributed by atoms with Crippen molar-refractivity contribution in [3.05, 3.63) is 0 Å². The summed E-state index contributed by atoms with van der Waals surface area (Å²) in [5.41, 5.74) is -5.49. The van der Waals surface area contributed by atoms with Gasteiger partial charge in [-0.25, -0.2) is 0 Å². The summed E-state index contributed by atoms with van der Waals surface area (Å²) in [4.78, 5) is 0. The van der Waals surface area contributed by atoms with Crippen molar-refractivity contribution < 1.29 is 26.7 Å². The van der Waals surface area contributed by atoms with Gasteiger partial charge in [-0.3, -0.25) is 0 Å². The first-order chi connectivity index (χ1) is 5.20. The molecule has 0 N–H and O–H groups in total. The normalized spacial score (nSPS) is 14.8. The molecule has 0 aromatic rings. The van der Waals surface area contributed by atoms with E-state index in [1.54, 1.807) is 0 Å². The predicted molar refractivity (Wildman–Crippen MR) is 32.7 cm³/mol. The van der Waals surface area contributed by atoms with E-state index in [0.717, 1.165) is 0 Å². The molecule has 4 nitrogen and oxygen atoms in total. The first-order valence-electron chi connectivity index (χ1n) is 2.78. The van der Waals surface area contributed by atoms with Crippen molar-refractivity contribution in [3.8, 4) is 0 Å². The van der Waals surface area contributed by atoms with Crippen LogP contribution in [0.15, 0.2) is 4.40 Å². The van der Waals surface area contributed by atoms with Gasteiger partial charge >= 0.3 is 15.5 Å². The lowest BCUT2D eigenvalue weighted by molar-refractivity contribution is -0.217. The Morgan fingerprint density at radius 3 is 2.17 bits per heavy atom. The van der Waals surface area contributed by atoms with Crippen molar-refractivity contribution in [2.75, 3.05) is 0 Å². The van der Waals surface area contributed by atoms with Gasteiger partial charge in [-0.1, -0.05) is 6.92 Å². The molecular weight excluding hydrogens is 199 g/mol. The first-order valence-corrected chi connectivity index (χ1v) is 4.22. The highest BCUT2D eigenvalue weighted by Gasteiger charge is 2.45. The van der Waals surface area contributed by atoms with Gasteiger partial charge in [0.15, 0.2) is 0 Å². The summed E-state index contributed by atoms with van der Waals surface area (Å²) >= 11 is 0. The monoisotopic (exact) mass is 204 g/mol. The molecule has 0 bridgehead atoms. The Balaban J connectivity index is 4.93. The van der Waals surface area contributed by atoms with Crippen LogP contribution in [-0.4, -0.2) is 19.8 Å². The summed E-state index contributed by atoms with van der Waals surface area (Å²) in [5, 5.41) is 10.2. The molecule has 0 rings (SSSR count). The van der Waals surface area contributed by atoms with E-state index in [0.29, 0.717) is 0 Å². The van der Waals surface area contributed by atoms with Gasteiger partial charge < -0.3 is 5.11 Å². The lowest BCUT2D eigenvalue weighted by Crippen LogP contribution is -2.26. The van der Waals surface area contributed by atoms with E-state index < -0.39 is 21.4 Å². The van der Waals surface area contributed by atoms with Crippen LogP contribution in [0.3, 0.4) is 0 Å². The molecule has 0 spiro atoms. The van der Waals surface area contributed by atoms with Crippen LogP contribution in [0, 0.1) is 0 Å². The standard InChI is InChI=1S/C4H6F3NO3S/c1-2-3(9)8-12(10,11)4(5,6)7/h2H2,1H3,(H,8,9)/p-1. The molecular formula is C4H5F3NO3S-. The van der Waals surface area contributed by atoms with E-state index in [2.05, 4.69) is 0 Å². The molecule has 0 fully saturated rings. The van der Waals surface area contributed by atoms with Crippen molar-refractivity contribution in [3.63, 3.8) is 0 Å². The Morgan fingerprint density at radius 1 is 1.50 bits per heavy atom. The molecule has 0 aliphatic rings. The van der Waals surface area contributed by atoms with E-state index in [-0.39, 0.29) is 6.42 Å². The molecule has 0 atom stereocenters. The Labute approximate surface area is 66.8 Å². The van der Waals surface area contributed by atoms with Crippen LogP contribution in [0.2, 0.25) is 0 Å². The maximum Gasteiger partial charge on any atom is 0.518 e. The lowest BCUT2D eigenvalue weighted by Gasteiger charge is -2.08. The zero-order chi connectivity index (χ0) is 9.99. The number of halogens is 3. The fraction of sp³-hybridized carbons (Fsp3) is 0.750. The van der Waals surface area contributed by atoms with Crippen molar-refractivity contribution in [2.24, 2.45) is 4.40 Å². The quantitative estimate of drug-likeness (QED) is 0.469. The zero-order valence-electron chi connectivity index (χ0n) is 5.92. The maximum absolute atomic E-state index is 11.5. The Morgan fingerprint density at radius 2 is 1.92 bits per heavy atom. The average Bonchev–Trinajstić information content (AvgIpc) is 1.84. The van der Waals surface area contributed by atoms with Gasteiger partial charge in [0.25, 0.3) is 0 Å². The fourth-order valence-electron chi connectivity index (χ4n) is 0.250. The molecule has 0 heterocycles. The maximum atomic E-state index is 11.5. The van der Waals surface area contributed by atoms with E-state index >= 15 is 0 Å². The predicted octanol–water partition coefficient (Wildman–Crippen LogP) is 0.00480. The minimum atomic E-state index is -5.63. The molecule has 0 radical (unpaired) electrons. The van der Waals surface area contributed by atoms with Gasteiger partial charge in [-0.15, -0.1) is 0 Å². The van der Waals surface area contributed by atoms with Gasteiger partial charge in [-0.2, -0.15) is 26.0 Å². The molecule has 0 aliphatic heterocycles. The van der Waals surface area contributed by atoms with E-state index in [4.69, 9.17) is 0 Å². The summed E-state index contributed by atoms with van der Waals surface area (Å²) in [6.45, 7) is 1.21. The van der Waals surface area contributed by atoms with Crippen molar-refractivity contribution >= 4 is 15.9 Å². The number of hydrogen-bond donors (Lipinski definition) is 0. The molecule has 0 unspecified atom stereocenters. The SMILES string of the molecule is CC/C([O-])=N/S(=O)(=O)C(F)(F)F. The first kappa shape index (κ1) is 11.2. The van der Waals surface area contributed by atoms with Gasteiger partial charge in [0.1, 0.15) is 0 Å². The van der Waals surface area contributed by atoms with Gasteiger partial charge in [0, 0.05) is 0 Å². The van der Waals surface area contributed by atoms with Crippen LogP contribution in [0.25, 0.3) is 0 Å². The largest absolute Gasteiger partial charge is 0.861 e. The summed E-state index contributed by atoms with van der Waals surface area (Å²) in [6.07, 6.45) is -0.380. The summed E-state index contributed by atoms with van der Waals surface area (Å²) in [7, 11) is -5.63. The van der Waals surface area contributed by atoms with E-state index in [1.807, 2.05) is 4.40 Å². The number of nitrogens with zero attached hydrogens (tertiary/aromatic N) is 1. The smallest absolute Gasteiger partial charge is 0.518 e. The number of hydrogen-bond acceptors (Lipinski definition) is 3. The number of sulfonamides is 1. The molecule has 0 aromatic heterocycles. The summed E-state index contributed by atoms with van der Waals surface area (Å²) < 4.78 is 56.7. The zero-order valence-corrected chi connectivity index (χ0v) is 6.74. The van der Waals surface area contributed by atoms with Gasteiger partial charge in [0.05, 0.1) is 0 Å². The highest BCUT2D eigenvalue weighted by molar-refractivity contribution is 7.91. The summed E-state index contributed by atoms with van der Waals surface area (Å²) in [6, 6.07) is 0. The van der Waals surface area contributed by atoms with E-state index in [9.17, 15) is 26.7 Å². The molecule has 0 aliphatic carbocycles. The second kappa shape index (κ2) is 3.30. The van der Waals surface area contributed by atoms with Crippen molar-refractivity contribution in [1.82, 2.24) is 0 Å². The van der Waals surface area contributed by atoms with Gasteiger partial charge in [0.2, 0.25) is 0 Å². The third kappa shape index (κ3) is 2.68. The molecule has 12 heavy (non-hydrogen) atoms. The molecule has 0 saturated heterocycles. The van der Waals surface area contributed by atoms with Crippen LogP contribution >= 0.6 is 0 Å².